The number of unbranched alkanes of at least 4 members (excludes halogenated alkanes) is 9. The van der Waals surface area contributed by atoms with Crippen LogP contribution in [0.5, 0.6) is 11.5 Å². The fourth-order valence-corrected chi connectivity index (χ4v) is 7.76. The van der Waals surface area contributed by atoms with Gasteiger partial charge in [0.1, 0.15) is 11.5 Å². The molecule has 0 saturated carbocycles. The summed E-state index contributed by atoms with van der Waals surface area (Å²) in [5.74, 6) is 2.04. The first-order valence-electron chi connectivity index (χ1n) is 17.7. The summed E-state index contributed by atoms with van der Waals surface area (Å²) in [5.41, 5.74) is 13.0. The van der Waals surface area contributed by atoms with Crippen molar-refractivity contribution in [2.75, 3.05) is 13.2 Å². The topological polar surface area (TPSA) is 18.5 Å². The average Bonchev–Trinajstić information content (AvgIpc) is 3.52. The molecule has 0 fully saturated rings. The van der Waals surface area contributed by atoms with Crippen LogP contribution in [0.1, 0.15) is 138 Å². The molecule has 2 aliphatic carbocycles. The fraction of sp³-hybridized carbons (Fsp3) is 0.561. The van der Waals surface area contributed by atoms with Gasteiger partial charge in [0.25, 0.3) is 0 Å². The first-order chi connectivity index (χ1) is 21.0. The van der Waals surface area contributed by atoms with Gasteiger partial charge in [0.2, 0.25) is 0 Å². The lowest BCUT2D eigenvalue weighted by Crippen LogP contribution is -2.22. The smallest absolute Gasteiger partial charge is 0.127 e. The number of ether oxygens (including phenoxy) is 2. The van der Waals surface area contributed by atoms with Crippen LogP contribution >= 0.6 is 0 Å². The van der Waals surface area contributed by atoms with E-state index in [1.165, 1.54) is 110 Å². The molecular formula is C41H56O2. The van der Waals surface area contributed by atoms with Crippen LogP contribution in [0.25, 0.3) is 22.3 Å². The Morgan fingerprint density at radius 1 is 0.605 bits per heavy atom. The van der Waals surface area contributed by atoms with E-state index in [0.29, 0.717) is 0 Å². The maximum Gasteiger partial charge on any atom is 0.127 e. The predicted molar refractivity (Wildman–Crippen MR) is 184 cm³/mol. The Morgan fingerprint density at radius 3 is 1.93 bits per heavy atom. The fourth-order valence-electron chi connectivity index (χ4n) is 7.76. The zero-order valence-corrected chi connectivity index (χ0v) is 27.9. The van der Waals surface area contributed by atoms with E-state index in [9.17, 15) is 0 Å². The van der Waals surface area contributed by atoms with E-state index in [2.05, 4.69) is 77.1 Å². The number of fused-ring (bicyclic) bond motifs is 3. The number of hydrogen-bond donors (Lipinski definition) is 0. The zero-order valence-electron chi connectivity index (χ0n) is 27.9. The Balaban J connectivity index is 1.54. The van der Waals surface area contributed by atoms with Crippen molar-refractivity contribution >= 4 is 0 Å². The van der Waals surface area contributed by atoms with Crippen LogP contribution in [0.4, 0.5) is 0 Å². The predicted octanol–water partition coefficient (Wildman–Crippen LogP) is 12.1. The largest absolute Gasteiger partial charge is 0.493 e. The van der Waals surface area contributed by atoms with Gasteiger partial charge in [-0.15, -0.1) is 0 Å². The van der Waals surface area contributed by atoms with Gasteiger partial charge in [0.15, 0.2) is 0 Å². The standard InChI is InChI=1S/C41H56O2/c1-6-9-12-15-23-41-24-22-35-32(20-21-34(40(35)41)33-19-18-30(4)27-37(33)41)36-29-38(42-25-16-13-10-7-2)31(5)28-39(36)43-26-17-14-11-8-3/h18-21,27-29H,6-17,22-26H2,1-5H3. The summed E-state index contributed by atoms with van der Waals surface area (Å²) < 4.78 is 13.0. The maximum atomic E-state index is 6.60. The molecule has 0 heterocycles. The molecule has 2 aliphatic rings. The van der Waals surface area contributed by atoms with Crippen LogP contribution in [0.2, 0.25) is 0 Å². The van der Waals surface area contributed by atoms with E-state index in [1.807, 2.05) is 0 Å². The van der Waals surface area contributed by atoms with Crippen molar-refractivity contribution in [3.8, 4) is 33.8 Å². The van der Waals surface area contributed by atoms with E-state index < -0.39 is 0 Å². The number of aryl methyl sites for hydroxylation is 2. The summed E-state index contributed by atoms with van der Waals surface area (Å²) in [4.78, 5) is 0. The molecule has 5 rings (SSSR count). The van der Waals surface area contributed by atoms with E-state index in [4.69, 9.17) is 9.47 Å². The van der Waals surface area contributed by atoms with Crippen LogP contribution in [-0.2, 0) is 11.8 Å². The summed E-state index contributed by atoms with van der Waals surface area (Å²) in [6.45, 7) is 12.8. The van der Waals surface area contributed by atoms with Gasteiger partial charge in [0.05, 0.1) is 13.2 Å². The van der Waals surface area contributed by atoms with E-state index in [0.717, 1.165) is 44.0 Å². The number of benzene rings is 3. The van der Waals surface area contributed by atoms with Gasteiger partial charge >= 0.3 is 0 Å². The van der Waals surface area contributed by atoms with E-state index >= 15 is 0 Å². The molecule has 0 spiro atoms. The van der Waals surface area contributed by atoms with Gasteiger partial charge in [-0.2, -0.15) is 0 Å². The van der Waals surface area contributed by atoms with Crippen LogP contribution in [-0.4, -0.2) is 13.2 Å². The molecule has 232 valence electrons. The van der Waals surface area contributed by atoms with Crippen molar-refractivity contribution in [1.29, 1.82) is 0 Å². The van der Waals surface area contributed by atoms with Gasteiger partial charge in [-0.3, -0.25) is 0 Å². The highest BCUT2D eigenvalue weighted by molar-refractivity contribution is 5.89. The van der Waals surface area contributed by atoms with Crippen molar-refractivity contribution in [3.63, 3.8) is 0 Å². The summed E-state index contributed by atoms with van der Waals surface area (Å²) in [7, 11) is 0. The quantitative estimate of drug-likeness (QED) is 0.139. The molecule has 0 N–H and O–H groups in total. The minimum absolute atomic E-state index is 0.153. The first-order valence-corrected chi connectivity index (χ1v) is 17.7. The Kier molecular flexibility index (Phi) is 10.9. The summed E-state index contributed by atoms with van der Waals surface area (Å²) >= 11 is 0. The first kappa shape index (κ1) is 31.7. The van der Waals surface area contributed by atoms with Crippen molar-refractivity contribution in [3.05, 3.63) is 70.3 Å². The average molecular weight is 581 g/mol. The molecule has 0 aliphatic heterocycles. The second-order valence-corrected chi connectivity index (χ2v) is 13.4. The monoisotopic (exact) mass is 580 g/mol. The molecule has 0 amide bonds. The second kappa shape index (κ2) is 14.8. The van der Waals surface area contributed by atoms with Crippen molar-refractivity contribution in [1.82, 2.24) is 0 Å². The van der Waals surface area contributed by atoms with Gasteiger partial charge in [0, 0.05) is 11.0 Å². The minimum Gasteiger partial charge on any atom is -0.493 e. The van der Waals surface area contributed by atoms with Gasteiger partial charge in [-0.25, -0.2) is 0 Å². The third-order valence-electron chi connectivity index (χ3n) is 10.1. The summed E-state index contributed by atoms with van der Waals surface area (Å²) in [6.07, 6.45) is 18.6. The summed E-state index contributed by atoms with van der Waals surface area (Å²) in [5, 5.41) is 0. The normalized spacial score (nSPS) is 16.4. The van der Waals surface area contributed by atoms with Crippen LogP contribution in [0, 0.1) is 13.8 Å². The lowest BCUT2D eigenvalue weighted by atomic mass is 9.74. The van der Waals surface area contributed by atoms with Gasteiger partial charge in [-0.05, 0) is 97.0 Å². The third kappa shape index (κ3) is 6.69. The Morgan fingerprint density at radius 2 is 1.23 bits per heavy atom. The molecule has 0 bridgehead atoms. The minimum atomic E-state index is 0.153. The highest BCUT2D eigenvalue weighted by Gasteiger charge is 2.48. The molecule has 2 nitrogen and oxygen atoms in total. The zero-order chi connectivity index (χ0) is 30.2. The third-order valence-corrected chi connectivity index (χ3v) is 10.1. The SMILES string of the molecule is CCCCCCOc1cc(-c2ccc3c4c2CCC4(CCCCCC)c2cc(C)ccc2-3)c(OCCCCCC)cc1C. The molecule has 1 atom stereocenters. The van der Waals surface area contributed by atoms with Crippen LogP contribution in [0.3, 0.4) is 0 Å². The van der Waals surface area contributed by atoms with E-state index in [-0.39, 0.29) is 5.41 Å². The van der Waals surface area contributed by atoms with E-state index in [1.54, 1.807) is 16.7 Å². The number of rotatable bonds is 18. The molecule has 3 aromatic carbocycles. The molecule has 2 heteroatoms. The molecule has 3 aromatic rings. The lowest BCUT2D eigenvalue weighted by Gasteiger charge is -2.28. The van der Waals surface area contributed by atoms with Crippen molar-refractivity contribution in [2.24, 2.45) is 0 Å². The molecule has 1 unspecified atom stereocenters. The lowest BCUT2D eigenvalue weighted by molar-refractivity contribution is 0.296. The molecule has 0 saturated heterocycles. The molecule has 0 radical (unpaired) electrons. The molecular weight excluding hydrogens is 524 g/mol. The van der Waals surface area contributed by atoms with Gasteiger partial charge in [-0.1, -0.05) is 121 Å². The Labute approximate surface area is 262 Å². The maximum absolute atomic E-state index is 6.60. The second-order valence-electron chi connectivity index (χ2n) is 13.4. The highest BCUT2D eigenvalue weighted by atomic mass is 16.5. The van der Waals surface area contributed by atoms with Crippen LogP contribution in [0.15, 0.2) is 42.5 Å². The Bertz CT molecular complexity index is 1370. The van der Waals surface area contributed by atoms with Gasteiger partial charge < -0.3 is 9.47 Å². The highest BCUT2D eigenvalue weighted by Crippen LogP contribution is 2.60. The van der Waals surface area contributed by atoms with Crippen LogP contribution < -0.4 is 9.47 Å². The number of hydrogen-bond acceptors (Lipinski definition) is 2. The molecule has 43 heavy (non-hydrogen) atoms. The van der Waals surface area contributed by atoms with Crippen molar-refractivity contribution < 1.29 is 9.47 Å². The molecule has 0 aromatic heterocycles. The summed E-state index contributed by atoms with van der Waals surface area (Å²) in [6, 6.07) is 16.6. The van der Waals surface area contributed by atoms with Crippen molar-refractivity contribution in [2.45, 2.75) is 136 Å². The Hall–Kier alpha value is -2.74.